The van der Waals surface area contributed by atoms with Gasteiger partial charge >= 0.3 is 0 Å². The van der Waals surface area contributed by atoms with Gasteiger partial charge in [-0.1, -0.05) is 5.16 Å². The molecule has 0 aromatic heterocycles. The Balaban J connectivity index is 6.64. The minimum Gasteiger partial charge on any atom is -0.415 e. The summed E-state index contributed by atoms with van der Waals surface area (Å²) in [7, 11) is -6.43. The topological polar surface area (TPSA) is 87.6 Å². The molecule has 1 amide bonds. The lowest BCUT2D eigenvalue weighted by molar-refractivity contribution is -0.120. The van der Waals surface area contributed by atoms with E-state index in [2.05, 4.69) is 89.0 Å². The second kappa shape index (κ2) is 13.1. The maximum Gasteiger partial charge on any atom is 0.217 e. The van der Waals surface area contributed by atoms with E-state index in [1.165, 1.54) is 14.0 Å². The highest BCUT2D eigenvalue weighted by atomic mass is 28.4. The minimum absolute atomic E-state index is 0.181. The zero-order chi connectivity index (χ0) is 26.3. The molecule has 0 aromatic rings. The van der Waals surface area contributed by atoms with Crippen molar-refractivity contribution in [1.82, 2.24) is 5.32 Å². The molecular formula is C21H50N2O6Si4. The zero-order valence-electron chi connectivity index (χ0n) is 23.5. The molecule has 8 nitrogen and oxygen atoms in total. The van der Waals surface area contributed by atoms with Gasteiger partial charge in [0.25, 0.3) is 0 Å². The molecule has 0 spiro atoms. The Bertz CT molecular complexity index is 624. The van der Waals surface area contributed by atoms with E-state index in [-0.39, 0.29) is 12.0 Å². The van der Waals surface area contributed by atoms with Gasteiger partial charge in [-0.2, -0.15) is 0 Å². The summed E-state index contributed by atoms with van der Waals surface area (Å²) in [5, 5.41) is 6.95. The lowest BCUT2D eigenvalue weighted by atomic mass is 10.0. The van der Waals surface area contributed by atoms with Gasteiger partial charge in [0.15, 0.2) is 33.3 Å². The molecule has 0 aliphatic heterocycles. The number of rotatable bonds is 15. The summed E-state index contributed by atoms with van der Waals surface area (Å²) in [5.41, 5.74) is 0. The number of nitrogens with zero attached hydrogens (tertiary/aromatic N) is 1. The number of hydrogen-bond donors (Lipinski definition) is 1. The Morgan fingerprint density at radius 3 is 1.61 bits per heavy atom. The van der Waals surface area contributed by atoms with Crippen LogP contribution in [0, 0.1) is 0 Å². The number of carbonyl (C=O) groups excluding carboxylic acids is 1. The van der Waals surface area contributed by atoms with Crippen molar-refractivity contribution in [2.24, 2.45) is 5.16 Å². The summed E-state index contributed by atoms with van der Waals surface area (Å²) < 4.78 is 26.5. The molecule has 0 aliphatic rings. The molecule has 0 saturated carbocycles. The molecular weight excluding hydrogens is 489 g/mol. The van der Waals surface area contributed by atoms with Gasteiger partial charge in [0.05, 0.1) is 37.2 Å². The normalized spacial score (nSPS) is 17.5. The van der Waals surface area contributed by atoms with Crippen LogP contribution in [0.2, 0.25) is 78.6 Å². The predicted molar refractivity (Wildman–Crippen MR) is 147 cm³/mol. The van der Waals surface area contributed by atoms with Gasteiger partial charge in [-0.05, 0) is 78.6 Å². The van der Waals surface area contributed by atoms with Crippen molar-refractivity contribution in [3.8, 4) is 0 Å². The fourth-order valence-corrected chi connectivity index (χ4v) is 7.04. The molecule has 0 rings (SSSR count). The van der Waals surface area contributed by atoms with E-state index in [9.17, 15) is 4.79 Å². The van der Waals surface area contributed by atoms with E-state index >= 15 is 0 Å². The van der Waals surface area contributed by atoms with E-state index in [1.54, 1.807) is 6.21 Å². The predicted octanol–water partition coefficient (Wildman–Crippen LogP) is 4.64. The van der Waals surface area contributed by atoms with Crippen LogP contribution in [0.5, 0.6) is 0 Å². The van der Waals surface area contributed by atoms with Crippen LogP contribution in [-0.2, 0) is 27.3 Å². The van der Waals surface area contributed by atoms with Crippen molar-refractivity contribution in [2.45, 2.75) is 110 Å². The van der Waals surface area contributed by atoms with Crippen LogP contribution in [0.4, 0.5) is 0 Å². The average Bonchev–Trinajstić information content (AvgIpc) is 2.55. The van der Waals surface area contributed by atoms with Crippen LogP contribution in [0.3, 0.4) is 0 Å². The van der Waals surface area contributed by atoms with Crippen molar-refractivity contribution in [2.75, 3.05) is 13.7 Å². The maximum absolute atomic E-state index is 12.1. The largest absolute Gasteiger partial charge is 0.415 e. The van der Waals surface area contributed by atoms with E-state index in [0.717, 1.165) is 0 Å². The molecule has 33 heavy (non-hydrogen) atoms. The fraction of sp³-hybridized carbons (Fsp3) is 0.905. The first-order valence-electron chi connectivity index (χ1n) is 11.6. The maximum atomic E-state index is 12.1. The third-order valence-electron chi connectivity index (χ3n) is 3.91. The summed E-state index contributed by atoms with van der Waals surface area (Å²) in [4.78, 5) is 17.1. The first kappa shape index (κ1) is 32.6. The van der Waals surface area contributed by atoms with E-state index < -0.39 is 51.5 Å². The Hall–Kier alpha value is -0.352. The van der Waals surface area contributed by atoms with Gasteiger partial charge in [0, 0.05) is 6.92 Å². The standard InChI is InChI=1S/C21H50N2O6Si4/c1-17(24)23-18(15-22-25-2)20(28-32(9,10)11)21(29-33(12,13)14)19(27-31(6,7)8)16-26-30(3,4)5/h15,18-21H,16H2,1-14H3,(H,23,24)/b22-15+. The molecule has 0 fully saturated rings. The van der Waals surface area contributed by atoms with Gasteiger partial charge in [0.2, 0.25) is 5.91 Å². The van der Waals surface area contributed by atoms with Crippen molar-refractivity contribution >= 4 is 45.4 Å². The van der Waals surface area contributed by atoms with Crippen molar-refractivity contribution in [3.05, 3.63) is 0 Å². The molecule has 0 aliphatic carbocycles. The minimum atomic E-state index is -2.07. The Kier molecular flexibility index (Phi) is 13.0. The van der Waals surface area contributed by atoms with E-state index in [0.29, 0.717) is 6.61 Å². The number of oxime groups is 1. The molecule has 0 aromatic carbocycles. The SMILES string of the molecule is CO/N=C/C(NC(C)=O)C(O[Si](C)(C)C)C(O[Si](C)(C)C)C(CO[Si](C)(C)C)O[Si](C)(C)C. The summed E-state index contributed by atoms with van der Waals surface area (Å²) in [6.45, 7) is 27.7. The molecule has 12 heteroatoms. The van der Waals surface area contributed by atoms with E-state index in [4.69, 9.17) is 22.5 Å². The van der Waals surface area contributed by atoms with Crippen LogP contribution >= 0.6 is 0 Å². The molecule has 1 N–H and O–H groups in total. The summed E-state index contributed by atoms with van der Waals surface area (Å²) >= 11 is 0. The van der Waals surface area contributed by atoms with E-state index in [1.807, 2.05) is 0 Å². The lowest BCUT2D eigenvalue weighted by Crippen LogP contribution is -2.61. The number of nitrogens with one attached hydrogen (secondary N) is 1. The quantitative estimate of drug-likeness (QED) is 0.186. The molecule has 0 saturated heterocycles. The van der Waals surface area contributed by atoms with Gasteiger partial charge in [-0.3, -0.25) is 4.79 Å². The van der Waals surface area contributed by atoms with Crippen molar-refractivity contribution in [3.63, 3.8) is 0 Å². The van der Waals surface area contributed by atoms with Crippen LogP contribution in [0.25, 0.3) is 0 Å². The Morgan fingerprint density at radius 2 is 1.24 bits per heavy atom. The Morgan fingerprint density at radius 1 is 0.788 bits per heavy atom. The first-order valence-corrected chi connectivity index (χ1v) is 25.3. The molecule has 196 valence electrons. The summed E-state index contributed by atoms with van der Waals surface area (Å²) in [5.74, 6) is -0.181. The van der Waals surface area contributed by atoms with Crippen LogP contribution in [-0.4, -0.2) is 83.5 Å². The third-order valence-corrected chi connectivity index (χ3v) is 7.91. The van der Waals surface area contributed by atoms with Gasteiger partial charge in [-0.25, -0.2) is 0 Å². The highest BCUT2D eigenvalue weighted by Crippen LogP contribution is 2.26. The summed E-state index contributed by atoms with van der Waals surface area (Å²) in [6.07, 6.45) is 0.269. The smallest absolute Gasteiger partial charge is 0.217 e. The molecule has 0 bridgehead atoms. The molecule has 0 radical (unpaired) electrons. The first-order chi connectivity index (χ1) is 14.6. The van der Waals surface area contributed by atoms with Crippen molar-refractivity contribution in [1.29, 1.82) is 0 Å². The molecule has 4 atom stereocenters. The molecule has 0 heterocycles. The second-order valence-corrected chi connectivity index (χ2v) is 30.1. The highest BCUT2D eigenvalue weighted by molar-refractivity contribution is 6.71. The van der Waals surface area contributed by atoms with Gasteiger partial charge in [0.1, 0.15) is 7.11 Å². The number of amides is 1. The highest BCUT2D eigenvalue weighted by Gasteiger charge is 2.43. The number of carbonyl (C=O) groups is 1. The second-order valence-electron chi connectivity index (χ2n) is 12.2. The monoisotopic (exact) mass is 538 g/mol. The molecule has 4 unspecified atom stereocenters. The van der Waals surface area contributed by atoms with Crippen LogP contribution in [0.15, 0.2) is 5.16 Å². The number of hydrogen-bond acceptors (Lipinski definition) is 7. The fourth-order valence-electron chi connectivity index (χ4n) is 3.06. The zero-order valence-corrected chi connectivity index (χ0v) is 27.5. The lowest BCUT2D eigenvalue weighted by Gasteiger charge is -2.44. The summed E-state index contributed by atoms with van der Waals surface area (Å²) in [6, 6.07) is -0.546. The third kappa shape index (κ3) is 16.8. The van der Waals surface area contributed by atoms with Crippen molar-refractivity contribution < 1.29 is 27.3 Å². The van der Waals surface area contributed by atoms with Gasteiger partial charge in [-0.15, -0.1) is 0 Å². The van der Waals surface area contributed by atoms with Crippen LogP contribution < -0.4 is 5.32 Å². The average molecular weight is 539 g/mol. The van der Waals surface area contributed by atoms with Crippen LogP contribution in [0.1, 0.15) is 6.92 Å². The van der Waals surface area contributed by atoms with Gasteiger partial charge < -0.3 is 27.9 Å². The Labute approximate surface area is 206 Å².